The molecule has 2 nitrogen and oxygen atoms in total. The van der Waals surface area contributed by atoms with E-state index in [1.807, 2.05) is 0 Å². The summed E-state index contributed by atoms with van der Waals surface area (Å²) in [4.78, 5) is 10.4. The third kappa shape index (κ3) is 6.12. The second-order valence-corrected chi connectivity index (χ2v) is 22.9. The summed E-state index contributed by atoms with van der Waals surface area (Å²) in [5, 5.41) is 0. The van der Waals surface area contributed by atoms with Crippen molar-refractivity contribution in [2.75, 3.05) is 0 Å². The molecule has 170 valence electrons. The fraction of sp³-hybridized carbons (Fsp3) is 0.643. The van der Waals surface area contributed by atoms with Gasteiger partial charge < -0.3 is 0 Å². The SMILES string of the molecule is C=Cc1c(N=C2CCC2)cc[c]([Sn]([CH2]CCC)([CH2]CCC)[CH2]CCC)c1N=C1CCC1. The summed E-state index contributed by atoms with van der Waals surface area (Å²) < 4.78 is 6.13. The first-order valence-electron chi connectivity index (χ1n) is 13.1. The van der Waals surface area contributed by atoms with Crippen LogP contribution in [0.2, 0.25) is 13.3 Å². The van der Waals surface area contributed by atoms with Gasteiger partial charge in [-0.15, -0.1) is 0 Å². The maximum absolute atomic E-state index is 5.37. The Morgan fingerprint density at radius 1 is 0.806 bits per heavy atom. The van der Waals surface area contributed by atoms with Crippen molar-refractivity contribution in [2.45, 2.75) is 111 Å². The summed E-state index contributed by atoms with van der Waals surface area (Å²) in [6.45, 7) is 11.3. The van der Waals surface area contributed by atoms with Gasteiger partial charge in [-0.25, -0.2) is 0 Å². The summed E-state index contributed by atoms with van der Waals surface area (Å²) in [5.74, 6) is 0. The Hall–Kier alpha value is -0.901. The van der Waals surface area contributed by atoms with Crippen molar-refractivity contribution in [1.29, 1.82) is 0 Å². The first-order chi connectivity index (χ1) is 15.2. The fourth-order valence-corrected chi connectivity index (χ4v) is 21.5. The monoisotopic (exact) mass is 528 g/mol. The van der Waals surface area contributed by atoms with Crippen LogP contribution in [0.1, 0.15) is 103 Å². The first kappa shape index (κ1) is 24.7. The molecule has 0 unspecified atom stereocenters. The number of benzene rings is 1. The van der Waals surface area contributed by atoms with Gasteiger partial charge in [0.2, 0.25) is 0 Å². The molecule has 2 fully saturated rings. The van der Waals surface area contributed by atoms with Crippen molar-refractivity contribution in [2.24, 2.45) is 9.98 Å². The van der Waals surface area contributed by atoms with Crippen LogP contribution in [0.25, 0.3) is 6.08 Å². The predicted octanol–water partition coefficient (Wildman–Crippen LogP) is 8.90. The Balaban J connectivity index is 2.16. The third-order valence-electron chi connectivity index (χ3n) is 7.41. The van der Waals surface area contributed by atoms with Gasteiger partial charge in [-0.05, 0) is 0 Å². The second-order valence-electron chi connectivity index (χ2n) is 9.75. The molecule has 0 heterocycles. The van der Waals surface area contributed by atoms with E-state index in [4.69, 9.17) is 9.98 Å². The van der Waals surface area contributed by atoms with E-state index in [2.05, 4.69) is 45.6 Å². The van der Waals surface area contributed by atoms with E-state index in [0.29, 0.717) is 0 Å². The number of aliphatic imine (C=N–C) groups is 2. The van der Waals surface area contributed by atoms with E-state index in [9.17, 15) is 0 Å². The normalized spacial score (nSPS) is 16.0. The fourth-order valence-electron chi connectivity index (χ4n) is 4.99. The standard InChI is InChI=1S/C16H17N2.3C4H9.Sn/c1-2-14-15(17-12-6-3-7-12)10-5-11-16(14)18-13-8-4-9-13;3*1-3-4-2;/h2,5,10H,1,3-4,6-9H2;3*1,3-4H2,2H3;. The predicted molar refractivity (Wildman–Crippen MR) is 143 cm³/mol. The molecular formula is C28H44N2Sn. The molecule has 31 heavy (non-hydrogen) atoms. The summed E-state index contributed by atoms with van der Waals surface area (Å²) in [6, 6.07) is 4.83. The molecule has 0 radical (unpaired) electrons. The van der Waals surface area contributed by atoms with E-state index in [1.54, 1.807) is 3.58 Å². The molecule has 3 heteroatoms. The van der Waals surface area contributed by atoms with Gasteiger partial charge >= 0.3 is 196 Å². The van der Waals surface area contributed by atoms with E-state index in [1.165, 1.54) is 100 Å². The summed E-state index contributed by atoms with van der Waals surface area (Å²) in [6.07, 6.45) is 17.4. The number of nitrogens with zero attached hydrogens (tertiary/aromatic N) is 2. The molecule has 0 N–H and O–H groups in total. The van der Waals surface area contributed by atoms with Crippen LogP contribution in [-0.2, 0) is 0 Å². The van der Waals surface area contributed by atoms with Gasteiger partial charge in [-0.2, -0.15) is 0 Å². The van der Waals surface area contributed by atoms with Crippen molar-refractivity contribution in [3.8, 4) is 0 Å². The van der Waals surface area contributed by atoms with Gasteiger partial charge in [-0.3, -0.25) is 0 Å². The molecule has 2 saturated carbocycles. The van der Waals surface area contributed by atoms with E-state index in [0.717, 1.165) is 18.5 Å². The molecular weight excluding hydrogens is 483 g/mol. The topological polar surface area (TPSA) is 24.7 Å². The molecule has 0 aromatic heterocycles. The van der Waals surface area contributed by atoms with Crippen LogP contribution in [-0.4, -0.2) is 29.8 Å². The molecule has 0 saturated heterocycles. The summed E-state index contributed by atoms with van der Waals surface area (Å²) in [5.41, 5.74) is 6.40. The van der Waals surface area contributed by atoms with Gasteiger partial charge in [0.1, 0.15) is 0 Å². The van der Waals surface area contributed by atoms with E-state index >= 15 is 0 Å². The van der Waals surface area contributed by atoms with Crippen molar-refractivity contribution in [1.82, 2.24) is 0 Å². The van der Waals surface area contributed by atoms with Gasteiger partial charge in [0.15, 0.2) is 0 Å². The van der Waals surface area contributed by atoms with Crippen LogP contribution in [0.15, 0.2) is 28.7 Å². The molecule has 1 aromatic rings. The van der Waals surface area contributed by atoms with Gasteiger partial charge in [0.25, 0.3) is 0 Å². The van der Waals surface area contributed by atoms with Gasteiger partial charge in [-0.1, -0.05) is 0 Å². The van der Waals surface area contributed by atoms with Crippen LogP contribution in [0, 0.1) is 0 Å². The Morgan fingerprint density at radius 2 is 1.32 bits per heavy atom. The number of hydrogen-bond donors (Lipinski definition) is 0. The minimum absolute atomic E-state index is 1.12. The molecule has 2 aliphatic carbocycles. The first-order valence-corrected chi connectivity index (χ1v) is 20.6. The number of hydrogen-bond acceptors (Lipinski definition) is 2. The van der Waals surface area contributed by atoms with Crippen LogP contribution in [0.3, 0.4) is 0 Å². The molecule has 3 rings (SSSR count). The average Bonchev–Trinajstić information content (AvgIpc) is 2.73. The third-order valence-corrected chi connectivity index (χ3v) is 23.0. The maximum atomic E-state index is 5.37. The molecule has 2 aliphatic rings. The zero-order chi connectivity index (χ0) is 22.1. The Kier molecular flexibility index (Phi) is 9.87. The van der Waals surface area contributed by atoms with Crippen molar-refractivity contribution in [3.05, 3.63) is 24.3 Å². The second kappa shape index (κ2) is 12.4. The quantitative estimate of drug-likeness (QED) is 0.229. The number of unbranched alkanes of at least 4 members (excludes halogenated alkanes) is 3. The zero-order valence-corrected chi connectivity index (χ0v) is 23.3. The summed E-state index contributed by atoms with van der Waals surface area (Å²) >= 11 is -2.60. The number of rotatable bonds is 13. The minimum atomic E-state index is -2.60. The van der Waals surface area contributed by atoms with E-state index < -0.39 is 18.4 Å². The van der Waals surface area contributed by atoms with Crippen LogP contribution in [0.4, 0.5) is 11.4 Å². The van der Waals surface area contributed by atoms with Crippen LogP contribution < -0.4 is 3.58 Å². The van der Waals surface area contributed by atoms with Crippen molar-refractivity contribution in [3.63, 3.8) is 0 Å². The van der Waals surface area contributed by atoms with Crippen molar-refractivity contribution >= 4 is 50.8 Å². The van der Waals surface area contributed by atoms with Crippen LogP contribution in [0.5, 0.6) is 0 Å². The summed E-state index contributed by atoms with van der Waals surface area (Å²) in [7, 11) is 0. The Labute approximate surface area is 195 Å². The Bertz CT molecular complexity index is 772. The molecule has 0 atom stereocenters. The van der Waals surface area contributed by atoms with Crippen molar-refractivity contribution < 1.29 is 0 Å². The van der Waals surface area contributed by atoms with Gasteiger partial charge in [0.05, 0.1) is 0 Å². The van der Waals surface area contributed by atoms with E-state index in [-0.39, 0.29) is 0 Å². The zero-order valence-electron chi connectivity index (χ0n) is 20.4. The van der Waals surface area contributed by atoms with Gasteiger partial charge in [0, 0.05) is 0 Å². The molecule has 0 aliphatic heterocycles. The average molecular weight is 527 g/mol. The molecule has 0 bridgehead atoms. The molecule has 1 aromatic carbocycles. The molecule has 0 spiro atoms. The Morgan fingerprint density at radius 3 is 1.74 bits per heavy atom. The molecule has 0 amide bonds. The van der Waals surface area contributed by atoms with Crippen LogP contribution >= 0.6 is 0 Å².